The summed E-state index contributed by atoms with van der Waals surface area (Å²) in [6.45, 7) is 0. The summed E-state index contributed by atoms with van der Waals surface area (Å²) in [5.41, 5.74) is 4.34. The lowest BCUT2D eigenvalue weighted by atomic mass is 9.99. The Bertz CT molecular complexity index is 802. The summed E-state index contributed by atoms with van der Waals surface area (Å²) in [5.74, 6) is 0.702. The van der Waals surface area contributed by atoms with Crippen LogP contribution in [-0.2, 0) is 11.9 Å². The summed E-state index contributed by atoms with van der Waals surface area (Å²) in [6.07, 6.45) is -4.30. The van der Waals surface area contributed by atoms with Crippen LogP contribution in [-0.4, -0.2) is 0 Å². The molecule has 0 amide bonds. The van der Waals surface area contributed by atoms with E-state index in [0.717, 1.165) is 39.9 Å². The molecule has 0 unspecified atom stereocenters. The summed E-state index contributed by atoms with van der Waals surface area (Å²) in [4.78, 5) is 0. The first-order valence-corrected chi connectivity index (χ1v) is 8.08. The molecular formula is C20H15F3S. The molecule has 0 saturated heterocycles. The van der Waals surface area contributed by atoms with Gasteiger partial charge < -0.3 is 0 Å². The minimum atomic E-state index is -4.30. The van der Waals surface area contributed by atoms with E-state index in [2.05, 4.69) is 12.6 Å². The summed E-state index contributed by atoms with van der Waals surface area (Å²) in [5, 5.41) is 0. The average molecular weight is 344 g/mol. The van der Waals surface area contributed by atoms with Gasteiger partial charge >= 0.3 is 6.18 Å². The second-order valence-corrected chi connectivity index (χ2v) is 5.82. The zero-order valence-corrected chi connectivity index (χ0v) is 13.6. The zero-order valence-electron chi connectivity index (χ0n) is 12.7. The van der Waals surface area contributed by atoms with Crippen LogP contribution in [0.1, 0.15) is 11.1 Å². The number of thiol groups is 1. The van der Waals surface area contributed by atoms with Crippen molar-refractivity contribution in [1.82, 2.24) is 0 Å². The van der Waals surface area contributed by atoms with E-state index in [9.17, 15) is 13.2 Å². The minimum Gasteiger partial charge on any atom is -0.175 e. The van der Waals surface area contributed by atoms with Crippen molar-refractivity contribution in [3.05, 3.63) is 83.9 Å². The number of benzene rings is 3. The van der Waals surface area contributed by atoms with Crippen molar-refractivity contribution in [1.29, 1.82) is 0 Å². The molecule has 24 heavy (non-hydrogen) atoms. The van der Waals surface area contributed by atoms with Crippen molar-refractivity contribution in [3.8, 4) is 22.3 Å². The summed E-state index contributed by atoms with van der Waals surface area (Å²) >= 11 is 4.24. The highest BCUT2D eigenvalue weighted by Gasteiger charge is 2.29. The predicted octanol–water partition coefficient (Wildman–Crippen LogP) is 6.47. The van der Waals surface area contributed by atoms with Gasteiger partial charge in [0.1, 0.15) is 0 Å². The molecule has 0 fully saturated rings. The van der Waals surface area contributed by atoms with Gasteiger partial charge in [-0.3, -0.25) is 0 Å². The molecule has 0 aliphatic heterocycles. The molecule has 0 aromatic heterocycles. The Labute approximate surface area is 144 Å². The highest BCUT2D eigenvalue weighted by atomic mass is 32.1. The summed E-state index contributed by atoms with van der Waals surface area (Å²) in [7, 11) is 0. The second-order valence-electron chi connectivity index (χ2n) is 5.51. The van der Waals surface area contributed by atoms with Crippen molar-refractivity contribution in [3.63, 3.8) is 0 Å². The van der Waals surface area contributed by atoms with Crippen LogP contribution in [0.15, 0.2) is 72.8 Å². The molecule has 3 aromatic carbocycles. The van der Waals surface area contributed by atoms with Gasteiger partial charge in [0, 0.05) is 5.75 Å². The predicted molar refractivity (Wildman–Crippen MR) is 95.0 cm³/mol. The van der Waals surface area contributed by atoms with Gasteiger partial charge in [-0.2, -0.15) is 25.8 Å². The molecule has 0 aliphatic rings. The Morgan fingerprint density at radius 1 is 0.583 bits per heavy atom. The molecule has 0 nitrogen and oxygen atoms in total. The first kappa shape index (κ1) is 16.7. The Hall–Kier alpha value is -2.20. The maximum Gasteiger partial charge on any atom is 0.416 e. The smallest absolute Gasteiger partial charge is 0.175 e. The van der Waals surface area contributed by atoms with Crippen LogP contribution >= 0.6 is 12.6 Å². The minimum absolute atomic E-state index is 0.632. The molecule has 4 heteroatoms. The van der Waals surface area contributed by atoms with Crippen molar-refractivity contribution in [2.75, 3.05) is 0 Å². The van der Waals surface area contributed by atoms with E-state index in [4.69, 9.17) is 0 Å². The maximum atomic E-state index is 12.6. The number of hydrogen-bond acceptors (Lipinski definition) is 1. The first-order chi connectivity index (χ1) is 11.5. The van der Waals surface area contributed by atoms with Crippen LogP contribution in [0.2, 0.25) is 0 Å². The van der Waals surface area contributed by atoms with E-state index in [1.807, 2.05) is 48.5 Å². The summed E-state index contributed by atoms with van der Waals surface area (Å²) in [6, 6.07) is 21.2. The van der Waals surface area contributed by atoms with E-state index in [1.165, 1.54) is 12.1 Å². The van der Waals surface area contributed by atoms with Gasteiger partial charge in [0.2, 0.25) is 0 Å². The van der Waals surface area contributed by atoms with Crippen molar-refractivity contribution >= 4 is 12.6 Å². The molecule has 122 valence electrons. The molecule has 0 heterocycles. The molecule has 0 radical (unpaired) electrons. The Kier molecular flexibility index (Phi) is 4.67. The quantitative estimate of drug-likeness (QED) is 0.517. The van der Waals surface area contributed by atoms with Gasteiger partial charge in [0.15, 0.2) is 0 Å². The number of halogens is 3. The van der Waals surface area contributed by atoms with Crippen LogP contribution in [0.3, 0.4) is 0 Å². The molecule has 3 rings (SSSR count). The van der Waals surface area contributed by atoms with E-state index >= 15 is 0 Å². The molecule has 3 aromatic rings. The van der Waals surface area contributed by atoms with Crippen LogP contribution in [0.5, 0.6) is 0 Å². The average Bonchev–Trinajstić information content (AvgIpc) is 2.61. The Morgan fingerprint density at radius 3 is 1.25 bits per heavy atom. The molecule has 0 N–H and O–H groups in total. The third-order valence-electron chi connectivity index (χ3n) is 3.90. The maximum absolute atomic E-state index is 12.6. The van der Waals surface area contributed by atoms with Gasteiger partial charge in [0.05, 0.1) is 5.56 Å². The number of hydrogen-bond donors (Lipinski definition) is 1. The fraction of sp³-hybridized carbons (Fsp3) is 0.100. The standard InChI is InChI=1S/C20H15F3S/c21-20(22,23)19-11-9-18(10-12-19)17-7-5-16(6-8-17)15-3-1-14(13-24)2-4-15/h1-12,24H,13H2. The lowest BCUT2D eigenvalue weighted by Gasteiger charge is -2.09. The number of rotatable bonds is 3. The lowest BCUT2D eigenvalue weighted by molar-refractivity contribution is -0.137. The largest absolute Gasteiger partial charge is 0.416 e. The van der Waals surface area contributed by atoms with Gasteiger partial charge in [-0.25, -0.2) is 0 Å². The fourth-order valence-electron chi connectivity index (χ4n) is 2.51. The van der Waals surface area contributed by atoms with Crippen LogP contribution in [0.4, 0.5) is 13.2 Å². The number of alkyl halides is 3. The highest BCUT2D eigenvalue weighted by Crippen LogP contribution is 2.31. The molecular weight excluding hydrogens is 329 g/mol. The molecule has 0 aliphatic carbocycles. The van der Waals surface area contributed by atoms with Crippen LogP contribution in [0.25, 0.3) is 22.3 Å². The SMILES string of the molecule is FC(F)(F)c1ccc(-c2ccc(-c3ccc(CS)cc3)cc2)cc1. The topological polar surface area (TPSA) is 0 Å². The lowest BCUT2D eigenvalue weighted by Crippen LogP contribution is -2.03. The van der Waals surface area contributed by atoms with Crippen molar-refractivity contribution in [2.24, 2.45) is 0 Å². The second kappa shape index (κ2) is 6.73. The van der Waals surface area contributed by atoms with E-state index in [1.54, 1.807) is 0 Å². The monoisotopic (exact) mass is 344 g/mol. The summed E-state index contributed by atoms with van der Waals surface area (Å²) < 4.78 is 37.8. The third kappa shape index (κ3) is 3.65. The molecule has 0 atom stereocenters. The van der Waals surface area contributed by atoms with E-state index in [-0.39, 0.29) is 0 Å². The zero-order chi connectivity index (χ0) is 17.2. The van der Waals surface area contributed by atoms with Gasteiger partial charge in [0.25, 0.3) is 0 Å². The normalized spacial score (nSPS) is 11.5. The van der Waals surface area contributed by atoms with Crippen LogP contribution in [0, 0.1) is 0 Å². The third-order valence-corrected chi connectivity index (χ3v) is 4.27. The highest BCUT2D eigenvalue weighted by molar-refractivity contribution is 7.79. The van der Waals surface area contributed by atoms with Crippen molar-refractivity contribution < 1.29 is 13.2 Å². The van der Waals surface area contributed by atoms with E-state index < -0.39 is 11.7 Å². The van der Waals surface area contributed by atoms with Gasteiger partial charge in [-0.15, -0.1) is 0 Å². The molecule has 0 spiro atoms. The Balaban J connectivity index is 1.83. The fourth-order valence-corrected chi connectivity index (χ4v) is 2.72. The molecule has 0 saturated carbocycles. The van der Waals surface area contributed by atoms with Gasteiger partial charge in [-0.1, -0.05) is 60.7 Å². The molecule has 0 bridgehead atoms. The van der Waals surface area contributed by atoms with Crippen LogP contribution < -0.4 is 0 Å². The van der Waals surface area contributed by atoms with E-state index in [0.29, 0.717) is 5.75 Å². The first-order valence-electron chi connectivity index (χ1n) is 7.45. The van der Waals surface area contributed by atoms with Crippen molar-refractivity contribution in [2.45, 2.75) is 11.9 Å². The van der Waals surface area contributed by atoms with Gasteiger partial charge in [-0.05, 0) is 39.9 Å². The Morgan fingerprint density at radius 2 is 0.917 bits per heavy atom.